The molecule has 0 saturated carbocycles. The second kappa shape index (κ2) is 5.53. The number of hydrogen-bond donors (Lipinski definition) is 1. The van der Waals surface area contributed by atoms with Crippen LogP contribution < -0.4 is 5.32 Å². The van der Waals surface area contributed by atoms with E-state index in [4.69, 9.17) is 5.26 Å². The summed E-state index contributed by atoms with van der Waals surface area (Å²) in [4.78, 5) is 0. The SMILES string of the molecule is Cc1cccc(NCc2cc(F)cc(C#N)c2)c1C. The fraction of sp³-hybridized carbons (Fsp3) is 0.188. The number of benzene rings is 2. The van der Waals surface area contributed by atoms with Crippen LogP contribution in [0.5, 0.6) is 0 Å². The Morgan fingerprint density at radius 2 is 2.00 bits per heavy atom. The van der Waals surface area contributed by atoms with Gasteiger partial charge in [0.25, 0.3) is 0 Å². The summed E-state index contributed by atoms with van der Waals surface area (Å²) in [6.45, 7) is 4.59. The molecule has 2 rings (SSSR count). The summed E-state index contributed by atoms with van der Waals surface area (Å²) in [7, 11) is 0. The first-order valence-corrected chi connectivity index (χ1v) is 6.10. The molecule has 0 bridgehead atoms. The number of halogens is 1. The summed E-state index contributed by atoms with van der Waals surface area (Å²) in [5, 5.41) is 12.1. The Labute approximate surface area is 112 Å². The van der Waals surface area contributed by atoms with Gasteiger partial charge in [0.2, 0.25) is 0 Å². The van der Waals surface area contributed by atoms with Gasteiger partial charge < -0.3 is 5.32 Å². The van der Waals surface area contributed by atoms with Crippen molar-refractivity contribution >= 4 is 5.69 Å². The standard InChI is InChI=1S/C16H15FN2/c1-11-4-3-5-16(12(11)2)19-10-14-6-13(9-18)7-15(17)8-14/h3-8,19H,10H2,1-2H3. The van der Waals surface area contributed by atoms with Crippen molar-refractivity contribution in [2.24, 2.45) is 0 Å². The lowest BCUT2D eigenvalue weighted by atomic mass is 10.1. The second-order valence-electron chi connectivity index (χ2n) is 4.56. The molecule has 2 aromatic carbocycles. The lowest BCUT2D eigenvalue weighted by Crippen LogP contribution is -2.02. The van der Waals surface area contributed by atoms with Gasteiger partial charge in [-0.3, -0.25) is 0 Å². The molecule has 96 valence electrons. The van der Waals surface area contributed by atoms with E-state index in [1.165, 1.54) is 23.3 Å². The molecular formula is C16H15FN2. The van der Waals surface area contributed by atoms with Gasteiger partial charge in [-0.15, -0.1) is 0 Å². The van der Waals surface area contributed by atoms with Crippen molar-refractivity contribution in [3.05, 3.63) is 64.5 Å². The van der Waals surface area contributed by atoms with E-state index in [1.807, 2.05) is 25.1 Å². The topological polar surface area (TPSA) is 35.8 Å². The normalized spacial score (nSPS) is 10.0. The molecule has 1 N–H and O–H groups in total. The zero-order valence-electron chi connectivity index (χ0n) is 11.0. The Hall–Kier alpha value is -2.34. The van der Waals surface area contributed by atoms with Gasteiger partial charge in [0.15, 0.2) is 0 Å². The van der Waals surface area contributed by atoms with Gasteiger partial charge in [0, 0.05) is 12.2 Å². The molecule has 2 aromatic rings. The average molecular weight is 254 g/mol. The van der Waals surface area contributed by atoms with E-state index < -0.39 is 0 Å². The van der Waals surface area contributed by atoms with Crippen LogP contribution in [0.2, 0.25) is 0 Å². The third kappa shape index (κ3) is 3.11. The van der Waals surface area contributed by atoms with Crippen molar-refractivity contribution in [3.8, 4) is 6.07 Å². The first-order chi connectivity index (χ1) is 9.10. The maximum atomic E-state index is 13.3. The van der Waals surface area contributed by atoms with Crippen LogP contribution in [0.15, 0.2) is 36.4 Å². The highest BCUT2D eigenvalue weighted by Crippen LogP contribution is 2.19. The van der Waals surface area contributed by atoms with Gasteiger partial charge in [0.05, 0.1) is 11.6 Å². The minimum atomic E-state index is -0.378. The third-order valence-electron chi connectivity index (χ3n) is 3.17. The van der Waals surface area contributed by atoms with Crippen molar-refractivity contribution in [2.45, 2.75) is 20.4 Å². The first kappa shape index (κ1) is 13.1. The minimum Gasteiger partial charge on any atom is -0.381 e. The Morgan fingerprint density at radius 1 is 1.21 bits per heavy atom. The Balaban J connectivity index is 2.17. The number of nitriles is 1. The van der Waals surface area contributed by atoms with Crippen LogP contribution in [-0.2, 0) is 6.54 Å². The Kier molecular flexibility index (Phi) is 3.82. The maximum absolute atomic E-state index is 13.3. The molecule has 0 aliphatic carbocycles. The molecule has 19 heavy (non-hydrogen) atoms. The molecule has 3 heteroatoms. The summed E-state index contributed by atoms with van der Waals surface area (Å²) >= 11 is 0. The molecule has 0 saturated heterocycles. The summed E-state index contributed by atoms with van der Waals surface area (Å²) < 4.78 is 13.3. The molecule has 0 aliphatic heterocycles. The molecule has 0 atom stereocenters. The third-order valence-corrected chi connectivity index (χ3v) is 3.17. The fourth-order valence-electron chi connectivity index (χ4n) is 1.96. The van der Waals surface area contributed by atoms with Crippen LogP contribution in [0.4, 0.5) is 10.1 Å². The largest absolute Gasteiger partial charge is 0.381 e. The fourth-order valence-corrected chi connectivity index (χ4v) is 1.96. The van der Waals surface area contributed by atoms with Gasteiger partial charge in [0.1, 0.15) is 5.82 Å². The number of rotatable bonds is 3. The van der Waals surface area contributed by atoms with E-state index in [-0.39, 0.29) is 5.82 Å². The van der Waals surface area contributed by atoms with Crippen molar-refractivity contribution in [1.82, 2.24) is 0 Å². The van der Waals surface area contributed by atoms with E-state index in [1.54, 1.807) is 6.07 Å². The van der Waals surface area contributed by atoms with E-state index in [2.05, 4.69) is 18.3 Å². The summed E-state index contributed by atoms with van der Waals surface area (Å²) in [6, 6.07) is 12.4. The number of nitrogens with zero attached hydrogens (tertiary/aromatic N) is 1. The van der Waals surface area contributed by atoms with Crippen LogP contribution in [0.3, 0.4) is 0 Å². The molecule has 0 heterocycles. The average Bonchev–Trinajstić information content (AvgIpc) is 2.40. The van der Waals surface area contributed by atoms with Gasteiger partial charge in [-0.2, -0.15) is 5.26 Å². The smallest absolute Gasteiger partial charge is 0.124 e. The zero-order valence-corrected chi connectivity index (χ0v) is 11.0. The Bertz CT molecular complexity index is 642. The summed E-state index contributed by atoms with van der Waals surface area (Å²) in [5.74, 6) is -0.378. The van der Waals surface area contributed by atoms with E-state index in [0.29, 0.717) is 12.1 Å². The predicted octanol–water partition coefficient (Wildman–Crippen LogP) is 3.93. The molecule has 0 fully saturated rings. The molecule has 0 amide bonds. The molecule has 0 aromatic heterocycles. The van der Waals surface area contributed by atoms with Crippen LogP contribution >= 0.6 is 0 Å². The van der Waals surface area contributed by atoms with Crippen molar-refractivity contribution in [1.29, 1.82) is 5.26 Å². The van der Waals surface area contributed by atoms with E-state index >= 15 is 0 Å². The number of hydrogen-bond acceptors (Lipinski definition) is 2. The van der Waals surface area contributed by atoms with Crippen molar-refractivity contribution < 1.29 is 4.39 Å². The van der Waals surface area contributed by atoms with Gasteiger partial charge in [-0.05, 0) is 54.8 Å². The quantitative estimate of drug-likeness (QED) is 0.900. The van der Waals surface area contributed by atoms with Gasteiger partial charge >= 0.3 is 0 Å². The molecular weight excluding hydrogens is 239 g/mol. The first-order valence-electron chi connectivity index (χ1n) is 6.10. The summed E-state index contributed by atoms with van der Waals surface area (Å²) in [5.41, 5.74) is 4.53. The molecule has 0 aliphatic rings. The van der Waals surface area contributed by atoms with Crippen molar-refractivity contribution in [3.63, 3.8) is 0 Å². The zero-order chi connectivity index (χ0) is 13.8. The highest BCUT2D eigenvalue weighted by Gasteiger charge is 2.03. The maximum Gasteiger partial charge on any atom is 0.124 e. The lowest BCUT2D eigenvalue weighted by Gasteiger charge is -2.11. The van der Waals surface area contributed by atoms with Gasteiger partial charge in [-0.1, -0.05) is 12.1 Å². The highest BCUT2D eigenvalue weighted by molar-refractivity contribution is 5.54. The highest BCUT2D eigenvalue weighted by atomic mass is 19.1. The van der Waals surface area contributed by atoms with E-state index in [9.17, 15) is 4.39 Å². The van der Waals surface area contributed by atoms with Crippen LogP contribution in [0.1, 0.15) is 22.3 Å². The molecule has 0 spiro atoms. The van der Waals surface area contributed by atoms with E-state index in [0.717, 1.165) is 11.3 Å². The molecule has 0 radical (unpaired) electrons. The monoisotopic (exact) mass is 254 g/mol. The van der Waals surface area contributed by atoms with Gasteiger partial charge in [-0.25, -0.2) is 4.39 Å². The van der Waals surface area contributed by atoms with Crippen LogP contribution in [-0.4, -0.2) is 0 Å². The van der Waals surface area contributed by atoms with Crippen LogP contribution in [0.25, 0.3) is 0 Å². The summed E-state index contributed by atoms with van der Waals surface area (Å²) in [6.07, 6.45) is 0. The lowest BCUT2D eigenvalue weighted by molar-refractivity contribution is 0.625. The molecule has 0 unspecified atom stereocenters. The number of aryl methyl sites for hydroxylation is 1. The number of anilines is 1. The second-order valence-corrected chi connectivity index (χ2v) is 4.56. The molecule has 2 nitrogen and oxygen atoms in total. The number of nitrogens with one attached hydrogen (secondary N) is 1. The van der Waals surface area contributed by atoms with Crippen LogP contribution in [0, 0.1) is 31.0 Å². The Morgan fingerprint density at radius 3 is 2.74 bits per heavy atom. The minimum absolute atomic E-state index is 0.345. The van der Waals surface area contributed by atoms with Crippen molar-refractivity contribution in [2.75, 3.05) is 5.32 Å². The predicted molar refractivity (Wildman–Crippen MR) is 74.4 cm³/mol.